The second-order valence-corrected chi connectivity index (χ2v) is 21.5. The van der Waals surface area contributed by atoms with Gasteiger partial charge in [-0.3, -0.25) is 9.79 Å². The quantitative estimate of drug-likeness (QED) is 0.0266. The van der Waals surface area contributed by atoms with Crippen molar-refractivity contribution in [3.63, 3.8) is 0 Å². The number of piperidine rings is 2. The van der Waals surface area contributed by atoms with Crippen molar-refractivity contribution < 1.29 is 54.1 Å². The molecular weight excluding hydrogens is 921 g/mol. The molecule has 3 saturated heterocycles. The zero-order valence-corrected chi connectivity index (χ0v) is 45.6. The van der Waals surface area contributed by atoms with Crippen LogP contribution in [0, 0.1) is 29.6 Å². The van der Waals surface area contributed by atoms with Gasteiger partial charge in [-0.15, -0.1) is 0 Å². The molecule has 1 spiro atoms. The summed E-state index contributed by atoms with van der Waals surface area (Å²) in [6.45, 7) is 29.9. The topological polar surface area (TPSA) is 227 Å². The van der Waals surface area contributed by atoms with E-state index in [-0.39, 0.29) is 29.7 Å². The lowest BCUT2D eigenvalue weighted by Gasteiger charge is -2.40. The summed E-state index contributed by atoms with van der Waals surface area (Å²) in [4.78, 5) is 37.6. The van der Waals surface area contributed by atoms with E-state index in [4.69, 9.17) is 23.9 Å². The molecule has 0 aliphatic carbocycles. The van der Waals surface area contributed by atoms with Gasteiger partial charge >= 0.3 is 6.09 Å². The standard InChI is InChI=1S/C55H92N6O11/c1-14-54(12,51(66)37(6)42(11)63)71-33-45(47-41(10)58-55(59-47)23-27-60(28-24-55)32-34(2)3)57-52(67)36(5)17-15-16-35(4)48(64)39(8)49(65)40(9)50(38(7)46(69-13)20-29-62)72-53(68)56-43-18-25-61(26-19-43)44-21-30-70-31-22-44/h15-17,20,29,34-35,38-40,43-44,46,48-50,59,62-66H,11,14,18-19,21-28,30-33H2,1-10,12-13H3,(H,56,68)(H,57,67)/b16-15+,29-20+,36-17-,47-45-,51-37+/t35-,38+,39+,40+,46-,48-,49+,50+,54?/m0/s1. The number of ether oxygens (including phenoxy) is 4. The Kier molecular flexibility index (Phi) is 23.4. The van der Waals surface area contributed by atoms with Crippen LogP contribution in [-0.2, 0) is 23.7 Å². The molecule has 72 heavy (non-hydrogen) atoms. The van der Waals surface area contributed by atoms with Gasteiger partial charge < -0.3 is 70.2 Å². The Morgan fingerprint density at radius 3 is 2.18 bits per heavy atom. The molecule has 17 heteroatoms. The number of aliphatic hydroxyl groups excluding tert-OH is 5. The third-order valence-electron chi connectivity index (χ3n) is 15.7. The number of nitrogens with zero attached hydrogens (tertiary/aromatic N) is 3. The molecule has 4 aliphatic heterocycles. The van der Waals surface area contributed by atoms with Gasteiger partial charge in [0.25, 0.3) is 5.91 Å². The number of alkyl carbamates (subject to hydrolysis) is 1. The number of carbonyl (C=O) groups is 2. The maximum atomic E-state index is 14.0. The van der Waals surface area contributed by atoms with Crippen LogP contribution >= 0.6 is 0 Å². The van der Waals surface area contributed by atoms with Crippen molar-refractivity contribution in [2.45, 2.75) is 169 Å². The molecule has 17 nitrogen and oxygen atoms in total. The zero-order chi connectivity index (χ0) is 53.5. The Hall–Kier alpha value is -4.23. The third kappa shape index (κ3) is 16.4. The minimum atomic E-state index is -1.21. The van der Waals surface area contributed by atoms with Gasteiger partial charge in [-0.05, 0) is 71.8 Å². The van der Waals surface area contributed by atoms with Crippen LogP contribution < -0.4 is 16.0 Å². The highest BCUT2D eigenvalue weighted by Crippen LogP contribution is 2.34. The number of methoxy groups -OCH3 is 1. The average Bonchev–Trinajstić information content (AvgIpc) is 3.69. The molecule has 0 aromatic rings. The normalized spacial score (nSPS) is 24.1. The van der Waals surface area contributed by atoms with Crippen LogP contribution in [0.3, 0.4) is 0 Å². The first-order chi connectivity index (χ1) is 34.0. The van der Waals surface area contributed by atoms with Gasteiger partial charge in [-0.1, -0.05) is 73.3 Å². The van der Waals surface area contributed by atoms with E-state index in [9.17, 15) is 35.1 Å². The summed E-state index contributed by atoms with van der Waals surface area (Å²) in [5.41, 5.74) is 0.662. The first kappa shape index (κ1) is 60.3. The first-order valence-corrected chi connectivity index (χ1v) is 26.4. The predicted octanol–water partition coefficient (Wildman–Crippen LogP) is 7.51. The van der Waals surface area contributed by atoms with Crippen LogP contribution in [-0.4, -0.2) is 160 Å². The molecule has 0 radical (unpaired) electrons. The molecule has 408 valence electrons. The summed E-state index contributed by atoms with van der Waals surface area (Å²) >= 11 is 0. The van der Waals surface area contributed by atoms with Gasteiger partial charge in [-0.2, -0.15) is 0 Å². The molecule has 0 bridgehead atoms. The summed E-state index contributed by atoms with van der Waals surface area (Å²) < 4.78 is 23.7. The van der Waals surface area contributed by atoms with Crippen LogP contribution in [0.4, 0.5) is 4.79 Å². The SMILES string of the molecule is C=C(O)/C(C)=C(/O)C(C)(CC)OC/C(NC(=O)/C(C)=C\C=C\[C@H](C)[C@H](O)[C@@H](C)[C@@H](O)[C@@H](C)[C@H](OC(=O)NC1CCN(C2CCOCC2)CC1)[C@H](C)[C@H](/C=C/O)OC)=C1/NC2(CCN(CC(C)C)CC2)N=C1C. The van der Waals surface area contributed by atoms with Crippen molar-refractivity contribution in [1.82, 2.24) is 25.8 Å². The van der Waals surface area contributed by atoms with Gasteiger partial charge in [0, 0.05) is 113 Å². The zero-order valence-electron chi connectivity index (χ0n) is 45.6. The molecule has 0 aromatic carbocycles. The minimum absolute atomic E-state index is 0.0622. The Morgan fingerprint density at radius 2 is 1.61 bits per heavy atom. The van der Waals surface area contributed by atoms with Crippen LogP contribution in [0.15, 0.2) is 76.2 Å². The molecule has 4 aliphatic rings. The fraction of sp³-hybridized carbons (Fsp3) is 0.727. The van der Waals surface area contributed by atoms with E-state index in [1.165, 1.54) is 13.2 Å². The molecule has 4 rings (SSSR count). The molecule has 8 N–H and O–H groups in total. The predicted molar refractivity (Wildman–Crippen MR) is 282 cm³/mol. The van der Waals surface area contributed by atoms with Crippen molar-refractivity contribution in [3.8, 4) is 0 Å². The average molecular weight is 1010 g/mol. The number of rotatable bonds is 24. The van der Waals surface area contributed by atoms with Crippen LogP contribution in [0.2, 0.25) is 0 Å². The van der Waals surface area contributed by atoms with Crippen LogP contribution in [0.5, 0.6) is 0 Å². The van der Waals surface area contributed by atoms with E-state index in [2.05, 4.69) is 46.2 Å². The van der Waals surface area contributed by atoms with E-state index in [0.29, 0.717) is 35.3 Å². The Morgan fingerprint density at radius 1 is 0.972 bits per heavy atom. The summed E-state index contributed by atoms with van der Waals surface area (Å²) in [6, 6.07) is 0.439. The fourth-order valence-electron chi connectivity index (χ4n) is 10.5. The second-order valence-electron chi connectivity index (χ2n) is 21.5. The van der Waals surface area contributed by atoms with E-state index in [0.717, 1.165) is 96.4 Å². The number of hydrogen-bond acceptors (Lipinski definition) is 15. The highest BCUT2D eigenvalue weighted by molar-refractivity contribution is 6.02. The smallest absolute Gasteiger partial charge is 0.407 e. The van der Waals surface area contributed by atoms with Crippen LogP contribution in [0.1, 0.15) is 121 Å². The largest absolute Gasteiger partial charge is 0.516 e. The number of aliphatic imine (C=N–C) groups is 1. The molecule has 4 heterocycles. The van der Waals surface area contributed by atoms with E-state index >= 15 is 0 Å². The van der Waals surface area contributed by atoms with Gasteiger partial charge in [0.05, 0.1) is 48.3 Å². The fourth-order valence-corrected chi connectivity index (χ4v) is 10.5. The Balaban J connectivity index is 1.46. The summed E-state index contributed by atoms with van der Waals surface area (Å²) in [5.74, 6) is -2.56. The molecule has 3 fully saturated rings. The number of amides is 2. The first-order valence-electron chi connectivity index (χ1n) is 26.4. The highest BCUT2D eigenvalue weighted by atomic mass is 16.6. The summed E-state index contributed by atoms with van der Waals surface area (Å²) in [7, 11) is 1.50. The molecule has 0 aromatic heterocycles. The Bertz CT molecular complexity index is 1980. The van der Waals surface area contributed by atoms with Crippen LogP contribution in [0.25, 0.3) is 0 Å². The van der Waals surface area contributed by atoms with Gasteiger partial charge in [-0.25, -0.2) is 4.79 Å². The maximum absolute atomic E-state index is 14.0. The Labute approximate surface area is 430 Å². The van der Waals surface area contributed by atoms with Crippen molar-refractivity contribution in [2.24, 2.45) is 34.6 Å². The lowest BCUT2D eigenvalue weighted by atomic mass is 9.78. The number of aliphatic hydroxyl groups is 5. The number of likely N-dealkylation sites (tertiary alicyclic amines) is 2. The number of allylic oxidation sites excluding steroid dienone is 4. The van der Waals surface area contributed by atoms with E-state index < -0.39 is 71.4 Å². The van der Waals surface area contributed by atoms with Crippen molar-refractivity contribution in [1.29, 1.82) is 0 Å². The monoisotopic (exact) mass is 1010 g/mol. The number of carbonyl (C=O) groups excluding carboxylic acids is 2. The molecule has 9 atom stereocenters. The van der Waals surface area contributed by atoms with E-state index in [1.807, 2.05) is 27.7 Å². The summed E-state index contributed by atoms with van der Waals surface area (Å²) in [6.07, 6.45) is 8.80. The summed E-state index contributed by atoms with van der Waals surface area (Å²) in [5, 5.41) is 64.2. The number of nitrogens with one attached hydrogen (secondary N) is 3. The minimum Gasteiger partial charge on any atom is -0.516 e. The maximum Gasteiger partial charge on any atom is 0.407 e. The molecule has 0 saturated carbocycles. The van der Waals surface area contributed by atoms with Crippen molar-refractivity contribution in [2.75, 3.05) is 59.7 Å². The molecule has 2 amide bonds. The van der Waals surface area contributed by atoms with Gasteiger partial charge in [0.15, 0.2) is 0 Å². The highest BCUT2D eigenvalue weighted by Gasteiger charge is 2.42. The molecular formula is C55H92N6O11. The third-order valence-corrected chi connectivity index (χ3v) is 15.7. The van der Waals surface area contributed by atoms with Crippen molar-refractivity contribution >= 4 is 17.7 Å². The lowest BCUT2D eigenvalue weighted by Crippen LogP contribution is -2.51. The number of hydrogen-bond donors (Lipinski definition) is 8. The van der Waals surface area contributed by atoms with E-state index in [1.54, 1.807) is 52.8 Å². The molecule has 1 unspecified atom stereocenters. The second kappa shape index (κ2) is 27.9. The van der Waals surface area contributed by atoms with Crippen molar-refractivity contribution in [3.05, 3.63) is 71.2 Å². The lowest BCUT2D eigenvalue weighted by molar-refractivity contribution is -0.117. The van der Waals surface area contributed by atoms with Gasteiger partial charge in [0.1, 0.15) is 28.9 Å². The van der Waals surface area contributed by atoms with Gasteiger partial charge in [0.2, 0.25) is 0 Å².